The predicted octanol–water partition coefficient (Wildman–Crippen LogP) is 5.71. The fraction of sp³-hybridized carbons (Fsp3) is 0.435. The van der Waals surface area contributed by atoms with Gasteiger partial charge in [-0.25, -0.2) is 4.79 Å². The van der Waals surface area contributed by atoms with Crippen molar-refractivity contribution in [3.05, 3.63) is 52.5 Å². The molecule has 1 aliphatic heterocycles. The maximum atomic E-state index is 12.5. The van der Waals surface area contributed by atoms with Crippen LogP contribution in [0.2, 0.25) is 5.02 Å². The second-order valence-electron chi connectivity index (χ2n) is 8.68. The molecule has 0 aliphatic carbocycles. The Labute approximate surface area is 189 Å². The smallest absolute Gasteiger partial charge is 0.393 e. The van der Waals surface area contributed by atoms with E-state index in [0.29, 0.717) is 11.5 Å². The average Bonchev–Trinajstić information content (AvgIpc) is 3.06. The molecule has 0 radical (unpaired) electrons. The van der Waals surface area contributed by atoms with Gasteiger partial charge in [-0.3, -0.25) is 0 Å². The molecule has 9 heteroatoms. The molecule has 32 heavy (non-hydrogen) atoms. The summed E-state index contributed by atoms with van der Waals surface area (Å²) in [6.45, 7) is 5.74. The van der Waals surface area contributed by atoms with E-state index in [0.717, 1.165) is 5.56 Å². The number of rotatable bonds is 7. The van der Waals surface area contributed by atoms with Gasteiger partial charge in [-0.1, -0.05) is 38.4 Å². The highest BCUT2D eigenvalue weighted by molar-refractivity contribution is 6.32. The SMILES string of the molecule is CC(C)(C)[C@@]1(C(=O)O)Cc2cc(OCCOc3ccc(CC(F)(F)F)cc3Cl)ccc2O1. The molecular weight excluding hydrogens is 449 g/mol. The van der Waals surface area contributed by atoms with E-state index in [9.17, 15) is 23.1 Å². The molecule has 1 heterocycles. The van der Waals surface area contributed by atoms with E-state index in [2.05, 4.69) is 0 Å². The van der Waals surface area contributed by atoms with Crippen LogP contribution in [0.1, 0.15) is 31.9 Å². The van der Waals surface area contributed by atoms with Gasteiger partial charge in [-0.15, -0.1) is 0 Å². The van der Waals surface area contributed by atoms with Gasteiger partial charge in [-0.2, -0.15) is 13.2 Å². The van der Waals surface area contributed by atoms with E-state index in [1.165, 1.54) is 18.2 Å². The monoisotopic (exact) mass is 472 g/mol. The summed E-state index contributed by atoms with van der Waals surface area (Å²) in [4.78, 5) is 11.9. The first-order valence-corrected chi connectivity index (χ1v) is 10.3. The number of ether oxygens (including phenoxy) is 3. The third kappa shape index (κ3) is 5.23. The summed E-state index contributed by atoms with van der Waals surface area (Å²) in [5.41, 5.74) is -1.18. The molecule has 0 saturated carbocycles. The van der Waals surface area contributed by atoms with Crippen molar-refractivity contribution in [2.75, 3.05) is 13.2 Å². The summed E-state index contributed by atoms with van der Waals surface area (Å²) in [5, 5.41) is 9.87. The quantitative estimate of drug-likeness (QED) is 0.523. The zero-order chi connectivity index (χ0) is 23.7. The van der Waals surface area contributed by atoms with Crippen LogP contribution in [-0.4, -0.2) is 36.1 Å². The van der Waals surface area contributed by atoms with E-state index in [1.807, 2.05) is 20.8 Å². The lowest BCUT2D eigenvalue weighted by Crippen LogP contribution is -2.54. The van der Waals surface area contributed by atoms with Gasteiger partial charge in [-0.05, 0) is 35.9 Å². The minimum absolute atomic E-state index is 0.0548. The first-order chi connectivity index (χ1) is 14.8. The van der Waals surface area contributed by atoms with Crippen LogP contribution in [0, 0.1) is 5.41 Å². The molecule has 3 rings (SSSR count). The molecule has 0 aromatic heterocycles. The number of carboxylic acids is 1. The molecule has 0 saturated heterocycles. The Balaban J connectivity index is 1.57. The summed E-state index contributed by atoms with van der Waals surface area (Å²) < 4.78 is 54.5. The van der Waals surface area contributed by atoms with Gasteiger partial charge in [0.1, 0.15) is 30.5 Å². The number of halogens is 4. The lowest BCUT2D eigenvalue weighted by molar-refractivity contribution is -0.163. The van der Waals surface area contributed by atoms with E-state index < -0.39 is 29.6 Å². The normalized spacial score (nSPS) is 18.1. The average molecular weight is 473 g/mol. The fourth-order valence-electron chi connectivity index (χ4n) is 3.55. The molecule has 5 nitrogen and oxygen atoms in total. The van der Waals surface area contributed by atoms with Crippen LogP contribution >= 0.6 is 11.6 Å². The van der Waals surface area contributed by atoms with Crippen molar-refractivity contribution in [3.63, 3.8) is 0 Å². The van der Waals surface area contributed by atoms with Gasteiger partial charge in [0.05, 0.1) is 11.4 Å². The molecule has 1 atom stereocenters. The standard InChI is InChI=1S/C23H24ClF3O5/c1-21(2,3)22(20(28)29)13-15-11-16(5-7-18(15)32-22)30-8-9-31-19-6-4-14(10-17(19)24)12-23(25,26)27/h4-7,10-11H,8-9,12-13H2,1-3H3,(H,28,29)/t22-/m0/s1. The van der Waals surface area contributed by atoms with Gasteiger partial charge in [0.2, 0.25) is 5.60 Å². The van der Waals surface area contributed by atoms with Crippen LogP contribution in [-0.2, 0) is 17.6 Å². The molecule has 0 spiro atoms. The van der Waals surface area contributed by atoms with Crippen molar-refractivity contribution in [3.8, 4) is 17.2 Å². The number of hydrogen-bond donors (Lipinski definition) is 1. The number of carbonyl (C=O) groups is 1. The minimum Gasteiger partial charge on any atom is -0.490 e. The van der Waals surface area contributed by atoms with E-state index in [-0.39, 0.29) is 36.0 Å². The van der Waals surface area contributed by atoms with Crippen LogP contribution in [0.5, 0.6) is 17.2 Å². The molecular formula is C23H24ClF3O5. The molecule has 0 unspecified atom stereocenters. The molecule has 0 amide bonds. The zero-order valence-electron chi connectivity index (χ0n) is 17.9. The number of alkyl halides is 3. The third-order valence-electron chi connectivity index (χ3n) is 5.32. The highest BCUT2D eigenvalue weighted by atomic mass is 35.5. The van der Waals surface area contributed by atoms with Crippen molar-refractivity contribution < 1.29 is 37.3 Å². The fourth-order valence-corrected chi connectivity index (χ4v) is 3.81. The van der Waals surface area contributed by atoms with Crippen LogP contribution in [0.4, 0.5) is 13.2 Å². The Morgan fingerprint density at radius 3 is 2.41 bits per heavy atom. The van der Waals surface area contributed by atoms with Gasteiger partial charge in [0.15, 0.2) is 0 Å². The van der Waals surface area contributed by atoms with Crippen molar-refractivity contribution >= 4 is 17.6 Å². The summed E-state index contributed by atoms with van der Waals surface area (Å²) in [6.07, 6.45) is -5.15. The van der Waals surface area contributed by atoms with Gasteiger partial charge in [0.25, 0.3) is 0 Å². The Kier molecular flexibility index (Phi) is 6.56. The highest BCUT2D eigenvalue weighted by Crippen LogP contribution is 2.46. The van der Waals surface area contributed by atoms with Crippen molar-refractivity contribution in [2.24, 2.45) is 5.41 Å². The Bertz CT molecular complexity index is 1000. The largest absolute Gasteiger partial charge is 0.490 e. The summed E-state index contributed by atoms with van der Waals surface area (Å²) >= 11 is 6.01. The minimum atomic E-state index is -4.31. The van der Waals surface area contributed by atoms with Crippen molar-refractivity contribution in [2.45, 2.75) is 45.4 Å². The number of benzene rings is 2. The topological polar surface area (TPSA) is 65.0 Å². The zero-order valence-corrected chi connectivity index (χ0v) is 18.6. The molecule has 2 aromatic carbocycles. The first kappa shape index (κ1) is 24.0. The summed E-state index contributed by atoms with van der Waals surface area (Å²) in [7, 11) is 0. The Hall–Kier alpha value is -2.61. The first-order valence-electron chi connectivity index (χ1n) is 9.97. The van der Waals surface area contributed by atoms with Crippen LogP contribution in [0.25, 0.3) is 0 Å². The number of carboxylic acid groups (broad SMARTS) is 1. The lowest BCUT2D eigenvalue weighted by Gasteiger charge is -2.36. The maximum absolute atomic E-state index is 12.5. The van der Waals surface area contributed by atoms with E-state index in [4.69, 9.17) is 25.8 Å². The number of fused-ring (bicyclic) bond motifs is 1. The van der Waals surface area contributed by atoms with Crippen molar-refractivity contribution in [1.82, 2.24) is 0 Å². The van der Waals surface area contributed by atoms with Crippen LogP contribution in [0.3, 0.4) is 0 Å². The molecule has 1 aliphatic rings. The van der Waals surface area contributed by atoms with Gasteiger partial charge >= 0.3 is 12.1 Å². The van der Waals surface area contributed by atoms with Gasteiger partial charge in [0, 0.05) is 17.4 Å². The second-order valence-corrected chi connectivity index (χ2v) is 9.09. The van der Waals surface area contributed by atoms with E-state index >= 15 is 0 Å². The highest BCUT2D eigenvalue weighted by Gasteiger charge is 2.55. The van der Waals surface area contributed by atoms with E-state index in [1.54, 1.807) is 18.2 Å². The Morgan fingerprint density at radius 1 is 1.12 bits per heavy atom. The number of hydrogen-bond acceptors (Lipinski definition) is 4. The molecule has 0 bridgehead atoms. The Morgan fingerprint density at radius 2 is 1.81 bits per heavy atom. The summed E-state index contributed by atoms with van der Waals surface area (Å²) in [6, 6.07) is 9.05. The number of aliphatic carboxylic acids is 1. The predicted molar refractivity (Wildman–Crippen MR) is 113 cm³/mol. The lowest BCUT2D eigenvalue weighted by atomic mass is 9.74. The molecule has 2 aromatic rings. The molecule has 1 N–H and O–H groups in total. The van der Waals surface area contributed by atoms with Gasteiger partial charge < -0.3 is 19.3 Å². The second kappa shape index (κ2) is 8.73. The summed E-state index contributed by atoms with van der Waals surface area (Å²) in [5.74, 6) is 0.282. The third-order valence-corrected chi connectivity index (χ3v) is 5.62. The molecule has 174 valence electrons. The van der Waals surface area contributed by atoms with Crippen LogP contribution < -0.4 is 14.2 Å². The molecule has 0 fully saturated rings. The van der Waals surface area contributed by atoms with Crippen molar-refractivity contribution in [1.29, 1.82) is 0 Å². The van der Waals surface area contributed by atoms with Crippen LogP contribution in [0.15, 0.2) is 36.4 Å². The maximum Gasteiger partial charge on any atom is 0.393 e.